The van der Waals surface area contributed by atoms with E-state index in [2.05, 4.69) is 5.32 Å². The van der Waals surface area contributed by atoms with E-state index in [4.69, 9.17) is 0 Å². The molecule has 0 radical (unpaired) electrons. The Labute approximate surface area is 136 Å². The number of aliphatic hydroxyl groups is 1. The SMILES string of the molecule is CC.OC(c1ccc(N2CCNCC2)cc1)(C(F)(F)F)C(F)(F)F. The third-order valence-electron chi connectivity index (χ3n) is 3.59. The van der Waals surface area contributed by atoms with Gasteiger partial charge in [0.25, 0.3) is 5.60 Å². The van der Waals surface area contributed by atoms with Crippen molar-refractivity contribution in [2.24, 2.45) is 0 Å². The first-order valence-corrected chi connectivity index (χ1v) is 7.49. The summed E-state index contributed by atoms with van der Waals surface area (Å²) in [7, 11) is 0. The number of hydrogen-bond acceptors (Lipinski definition) is 3. The molecule has 0 aliphatic carbocycles. The molecule has 1 fully saturated rings. The number of anilines is 1. The second-order valence-electron chi connectivity index (χ2n) is 4.99. The molecular weight excluding hydrogens is 338 g/mol. The molecule has 1 heterocycles. The molecule has 1 aromatic carbocycles. The number of hydrogen-bond donors (Lipinski definition) is 2. The van der Waals surface area contributed by atoms with Crippen molar-refractivity contribution in [2.45, 2.75) is 31.8 Å². The van der Waals surface area contributed by atoms with Crippen LogP contribution < -0.4 is 10.2 Å². The van der Waals surface area contributed by atoms with Gasteiger partial charge in [0, 0.05) is 37.4 Å². The summed E-state index contributed by atoms with van der Waals surface area (Å²) in [6.45, 7) is 6.55. The number of alkyl halides is 6. The van der Waals surface area contributed by atoms with Crippen molar-refractivity contribution in [3.63, 3.8) is 0 Å². The van der Waals surface area contributed by atoms with Gasteiger partial charge in [0.05, 0.1) is 0 Å². The van der Waals surface area contributed by atoms with E-state index in [-0.39, 0.29) is 0 Å². The summed E-state index contributed by atoms with van der Waals surface area (Å²) in [4.78, 5) is 1.83. The van der Waals surface area contributed by atoms with Crippen molar-refractivity contribution in [2.75, 3.05) is 31.1 Å². The molecule has 1 aliphatic heterocycles. The van der Waals surface area contributed by atoms with Crippen molar-refractivity contribution < 1.29 is 31.4 Å². The molecule has 9 heteroatoms. The van der Waals surface area contributed by atoms with Gasteiger partial charge in [-0.25, -0.2) is 0 Å². The highest BCUT2D eigenvalue weighted by Crippen LogP contribution is 2.50. The average molecular weight is 358 g/mol. The smallest absolute Gasteiger partial charge is 0.369 e. The first-order chi connectivity index (χ1) is 11.1. The molecule has 0 bridgehead atoms. The van der Waals surface area contributed by atoms with Crippen molar-refractivity contribution in [1.29, 1.82) is 0 Å². The van der Waals surface area contributed by atoms with Gasteiger partial charge >= 0.3 is 12.4 Å². The lowest BCUT2D eigenvalue weighted by Gasteiger charge is -2.33. The molecule has 0 amide bonds. The van der Waals surface area contributed by atoms with Crippen LogP contribution in [0.3, 0.4) is 0 Å². The minimum atomic E-state index is -5.86. The normalized spacial score (nSPS) is 16.5. The summed E-state index contributed by atoms with van der Waals surface area (Å²) in [5.41, 5.74) is -5.61. The molecule has 1 aliphatic rings. The zero-order valence-electron chi connectivity index (χ0n) is 13.3. The topological polar surface area (TPSA) is 35.5 Å². The molecule has 2 N–H and O–H groups in total. The molecule has 0 aromatic heterocycles. The van der Waals surface area contributed by atoms with Crippen molar-refractivity contribution >= 4 is 5.69 Å². The Morgan fingerprint density at radius 1 is 0.875 bits per heavy atom. The predicted molar refractivity (Wildman–Crippen MR) is 78.9 cm³/mol. The maximum absolute atomic E-state index is 12.8. The van der Waals surface area contributed by atoms with E-state index in [1.54, 1.807) is 0 Å². The second kappa shape index (κ2) is 7.60. The first kappa shape index (κ1) is 20.6. The third-order valence-corrected chi connectivity index (χ3v) is 3.59. The summed E-state index contributed by atoms with van der Waals surface area (Å²) < 4.78 is 76.5. The Balaban J connectivity index is 0.00000139. The molecule has 0 unspecified atom stereocenters. The molecule has 3 nitrogen and oxygen atoms in total. The van der Waals surface area contributed by atoms with E-state index in [9.17, 15) is 31.4 Å². The van der Waals surface area contributed by atoms with Gasteiger partial charge in [-0.05, 0) is 12.1 Å². The lowest BCUT2D eigenvalue weighted by Crippen LogP contribution is -2.53. The van der Waals surface area contributed by atoms with Crippen LogP contribution in [0.15, 0.2) is 24.3 Å². The Bertz CT molecular complexity index is 492. The lowest BCUT2D eigenvalue weighted by atomic mass is 9.92. The number of nitrogens with one attached hydrogen (secondary N) is 1. The summed E-state index contributed by atoms with van der Waals surface area (Å²) in [5, 5.41) is 12.4. The number of piperazine rings is 1. The fraction of sp³-hybridized carbons (Fsp3) is 0.600. The zero-order chi connectivity index (χ0) is 18.6. The van der Waals surface area contributed by atoms with Gasteiger partial charge in [-0.2, -0.15) is 26.3 Å². The predicted octanol–water partition coefficient (Wildman–Crippen LogP) is 3.43. The first-order valence-electron chi connectivity index (χ1n) is 7.49. The summed E-state index contributed by atoms with van der Waals surface area (Å²) in [6, 6.07) is 3.64. The number of nitrogens with zero attached hydrogens (tertiary/aromatic N) is 1. The van der Waals surface area contributed by atoms with Crippen LogP contribution in [-0.2, 0) is 5.60 Å². The minimum absolute atomic E-state index is 0.511. The molecule has 0 spiro atoms. The maximum Gasteiger partial charge on any atom is 0.430 e. The van der Waals surface area contributed by atoms with Gasteiger partial charge in [-0.3, -0.25) is 0 Å². The number of benzene rings is 1. The number of rotatable bonds is 2. The highest BCUT2D eigenvalue weighted by atomic mass is 19.4. The standard InChI is InChI=1S/C13H14F6N2O.C2H6/c14-12(15,16)11(22,13(17,18)19)9-1-3-10(4-2-9)21-7-5-20-6-8-21;1-2/h1-4,20,22H,5-8H2;1-2H3. The van der Waals surface area contributed by atoms with Crippen LogP contribution in [0.25, 0.3) is 0 Å². The van der Waals surface area contributed by atoms with Crippen molar-refractivity contribution in [3.8, 4) is 0 Å². The lowest BCUT2D eigenvalue weighted by molar-refractivity contribution is -0.376. The van der Waals surface area contributed by atoms with Gasteiger partial charge in [0.1, 0.15) is 0 Å². The van der Waals surface area contributed by atoms with E-state index < -0.39 is 23.5 Å². The summed E-state index contributed by atoms with van der Waals surface area (Å²) in [6.07, 6.45) is -11.7. The quantitative estimate of drug-likeness (QED) is 0.795. The minimum Gasteiger partial charge on any atom is -0.369 e. The molecule has 1 saturated heterocycles. The Hall–Kier alpha value is -1.48. The Morgan fingerprint density at radius 3 is 1.67 bits per heavy atom. The van der Waals surface area contributed by atoms with Crippen LogP contribution in [0, 0.1) is 0 Å². The van der Waals surface area contributed by atoms with E-state index in [0.717, 1.165) is 12.1 Å². The molecule has 0 saturated carbocycles. The van der Waals surface area contributed by atoms with Gasteiger partial charge < -0.3 is 15.3 Å². The van der Waals surface area contributed by atoms with Crippen LogP contribution >= 0.6 is 0 Å². The monoisotopic (exact) mass is 358 g/mol. The average Bonchev–Trinajstić information content (AvgIpc) is 2.55. The van der Waals surface area contributed by atoms with Crippen molar-refractivity contribution in [1.82, 2.24) is 5.32 Å². The van der Waals surface area contributed by atoms with Crippen LogP contribution in [-0.4, -0.2) is 43.6 Å². The van der Waals surface area contributed by atoms with Gasteiger partial charge in [-0.15, -0.1) is 0 Å². The Morgan fingerprint density at radius 2 is 1.29 bits per heavy atom. The number of halogens is 6. The highest BCUT2D eigenvalue weighted by molar-refractivity contribution is 5.49. The van der Waals surface area contributed by atoms with E-state index in [1.165, 1.54) is 0 Å². The maximum atomic E-state index is 12.8. The van der Waals surface area contributed by atoms with E-state index in [0.29, 0.717) is 44.0 Å². The molecule has 0 atom stereocenters. The van der Waals surface area contributed by atoms with E-state index in [1.807, 2.05) is 18.7 Å². The second-order valence-corrected chi connectivity index (χ2v) is 4.99. The molecule has 1 aromatic rings. The molecular formula is C15H20F6N2O. The fourth-order valence-electron chi connectivity index (χ4n) is 2.32. The highest BCUT2D eigenvalue weighted by Gasteiger charge is 2.71. The van der Waals surface area contributed by atoms with Crippen LogP contribution in [0.1, 0.15) is 19.4 Å². The molecule has 24 heavy (non-hydrogen) atoms. The molecule has 2 rings (SSSR count). The van der Waals surface area contributed by atoms with Gasteiger partial charge in [0.2, 0.25) is 0 Å². The largest absolute Gasteiger partial charge is 0.430 e. The van der Waals surface area contributed by atoms with E-state index >= 15 is 0 Å². The fourth-order valence-corrected chi connectivity index (χ4v) is 2.32. The summed E-state index contributed by atoms with van der Waals surface area (Å²) >= 11 is 0. The van der Waals surface area contributed by atoms with Gasteiger partial charge in [0.15, 0.2) is 0 Å². The van der Waals surface area contributed by atoms with Crippen LogP contribution in [0.4, 0.5) is 32.0 Å². The third kappa shape index (κ3) is 3.94. The van der Waals surface area contributed by atoms with Crippen LogP contribution in [0.5, 0.6) is 0 Å². The van der Waals surface area contributed by atoms with Crippen molar-refractivity contribution in [3.05, 3.63) is 29.8 Å². The Kier molecular flexibility index (Phi) is 6.52. The zero-order valence-corrected chi connectivity index (χ0v) is 13.3. The van der Waals surface area contributed by atoms with Crippen LogP contribution in [0.2, 0.25) is 0 Å². The van der Waals surface area contributed by atoms with Gasteiger partial charge in [-0.1, -0.05) is 26.0 Å². The summed E-state index contributed by atoms with van der Waals surface area (Å²) in [5.74, 6) is 0. The molecule has 138 valence electrons.